The highest BCUT2D eigenvalue weighted by Gasteiger charge is 2.18. The molecule has 0 fully saturated rings. The molecular weight excluding hydrogens is 257 g/mol. The lowest BCUT2D eigenvalue weighted by Gasteiger charge is -2.14. The third-order valence-electron chi connectivity index (χ3n) is 2.31. The van der Waals surface area contributed by atoms with Crippen LogP contribution in [0, 0.1) is 5.82 Å². The van der Waals surface area contributed by atoms with Gasteiger partial charge < -0.3 is 15.6 Å². The Labute approximate surface area is 110 Å². The average molecular weight is 271 g/mol. The number of carboxylic acids is 1. The number of aliphatic carboxylic acids is 1. The highest BCUT2D eigenvalue weighted by Crippen LogP contribution is 2.19. The van der Waals surface area contributed by atoms with E-state index in [2.05, 4.69) is 12.2 Å². The van der Waals surface area contributed by atoms with Crippen molar-refractivity contribution >= 4 is 23.2 Å². The predicted octanol–water partition coefficient (Wildman–Crippen LogP) is 2.09. The monoisotopic (exact) mass is 271 g/mol. The highest BCUT2D eigenvalue weighted by molar-refractivity contribution is 7.80. The molecule has 0 aliphatic heterocycles. The normalized spacial score (nSPS) is 11.9. The Kier molecular flexibility index (Phi) is 5.03. The molecule has 6 heteroatoms. The van der Waals surface area contributed by atoms with E-state index in [4.69, 9.17) is 15.6 Å². The first-order valence-electron chi connectivity index (χ1n) is 5.44. The van der Waals surface area contributed by atoms with Crippen molar-refractivity contribution in [1.82, 2.24) is 0 Å². The molecule has 18 heavy (non-hydrogen) atoms. The minimum atomic E-state index is -1.07. The van der Waals surface area contributed by atoms with E-state index >= 15 is 0 Å². The molecule has 1 unspecified atom stereocenters. The summed E-state index contributed by atoms with van der Waals surface area (Å²) in [6.45, 7) is 1.84. The molecule has 1 aromatic carbocycles. The second-order valence-corrected chi connectivity index (χ2v) is 4.18. The minimum Gasteiger partial charge on any atom is -0.479 e. The maximum Gasteiger partial charge on any atom is 0.344 e. The van der Waals surface area contributed by atoms with Crippen LogP contribution in [0.1, 0.15) is 25.3 Å². The first-order valence-corrected chi connectivity index (χ1v) is 5.85. The van der Waals surface area contributed by atoms with E-state index in [0.29, 0.717) is 12.8 Å². The zero-order valence-electron chi connectivity index (χ0n) is 9.85. The van der Waals surface area contributed by atoms with Crippen molar-refractivity contribution in [2.24, 2.45) is 5.73 Å². The van der Waals surface area contributed by atoms with Gasteiger partial charge >= 0.3 is 5.97 Å². The molecule has 1 aromatic rings. The molecule has 1 rings (SSSR count). The van der Waals surface area contributed by atoms with Gasteiger partial charge in [-0.25, -0.2) is 9.18 Å². The first-order chi connectivity index (χ1) is 8.45. The third-order valence-corrected chi connectivity index (χ3v) is 2.53. The molecule has 3 N–H and O–H groups in total. The lowest BCUT2D eigenvalue weighted by atomic mass is 10.2. The maximum absolute atomic E-state index is 13.5. The quantitative estimate of drug-likeness (QED) is 0.775. The Balaban J connectivity index is 2.88. The smallest absolute Gasteiger partial charge is 0.344 e. The fourth-order valence-electron chi connectivity index (χ4n) is 1.43. The van der Waals surface area contributed by atoms with E-state index in [1.54, 1.807) is 0 Å². The minimum absolute atomic E-state index is 0.0533. The van der Waals surface area contributed by atoms with Gasteiger partial charge in [-0.05, 0) is 18.6 Å². The molecule has 0 spiro atoms. The van der Waals surface area contributed by atoms with Crippen LogP contribution in [0.2, 0.25) is 0 Å². The number of benzene rings is 1. The van der Waals surface area contributed by atoms with Crippen molar-refractivity contribution in [1.29, 1.82) is 0 Å². The van der Waals surface area contributed by atoms with Gasteiger partial charge in [0.15, 0.2) is 6.10 Å². The molecule has 0 radical (unpaired) electrons. The Morgan fingerprint density at radius 2 is 2.28 bits per heavy atom. The van der Waals surface area contributed by atoms with Crippen molar-refractivity contribution in [3.63, 3.8) is 0 Å². The van der Waals surface area contributed by atoms with Crippen LogP contribution in [0.15, 0.2) is 18.2 Å². The van der Waals surface area contributed by atoms with Crippen LogP contribution < -0.4 is 10.5 Å². The summed E-state index contributed by atoms with van der Waals surface area (Å²) in [5, 5.41) is 8.92. The fraction of sp³-hybridized carbons (Fsp3) is 0.333. The summed E-state index contributed by atoms with van der Waals surface area (Å²) in [4.78, 5) is 10.8. The maximum atomic E-state index is 13.5. The molecule has 0 bridgehead atoms. The van der Waals surface area contributed by atoms with Crippen LogP contribution in [0.3, 0.4) is 0 Å². The number of rotatable bonds is 6. The van der Waals surface area contributed by atoms with E-state index in [1.807, 2.05) is 6.92 Å². The molecule has 0 aliphatic carbocycles. The zero-order chi connectivity index (χ0) is 13.7. The van der Waals surface area contributed by atoms with Crippen LogP contribution >= 0.6 is 12.2 Å². The second kappa shape index (κ2) is 6.30. The number of thiocarbonyl (C=S) groups is 1. The second-order valence-electron chi connectivity index (χ2n) is 3.74. The van der Waals surface area contributed by atoms with Gasteiger partial charge in [0.25, 0.3) is 0 Å². The van der Waals surface area contributed by atoms with E-state index in [1.165, 1.54) is 12.1 Å². The number of nitrogens with two attached hydrogens (primary N) is 1. The van der Waals surface area contributed by atoms with E-state index in [0.717, 1.165) is 6.07 Å². The third kappa shape index (κ3) is 3.66. The van der Waals surface area contributed by atoms with Crippen LogP contribution in [0.4, 0.5) is 4.39 Å². The van der Waals surface area contributed by atoms with Crippen LogP contribution in [0.25, 0.3) is 0 Å². The molecule has 0 saturated heterocycles. The van der Waals surface area contributed by atoms with Crippen LogP contribution in [-0.2, 0) is 4.79 Å². The molecule has 0 amide bonds. The number of carbonyl (C=O) groups is 1. The number of halogens is 1. The van der Waals surface area contributed by atoms with E-state index in [-0.39, 0.29) is 16.3 Å². The van der Waals surface area contributed by atoms with Crippen molar-refractivity contribution in [3.05, 3.63) is 29.6 Å². The van der Waals surface area contributed by atoms with Gasteiger partial charge in [0.05, 0.1) is 0 Å². The predicted molar refractivity (Wildman–Crippen MR) is 69.2 cm³/mol. The SMILES string of the molecule is CCCC(Oc1ccc(C(N)=S)c(F)c1)C(=O)O. The van der Waals surface area contributed by atoms with Crippen molar-refractivity contribution in [2.75, 3.05) is 0 Å². The molecule has 1 atom stereocenters. The van der Waals surface area contributed by atoms with Gasteiger partial charge in [0.1, 0.15) is 16.6 Å². The van der Waals surface area contributed by atoms with Gasteiger partial charge in [-0.2, -0.15) is 0 Å². The topological polar surface area (TPSA) is 72.5 Å². The zero-order valence-corrected chi connectivity index (χ0v) is 10.7. The summed E-state index contributed by atoms with van der Waals surface area (Å²) in [5.41, 5.74) is 5.43. The summed E-state index contributed by atoms with van der Waals surface area (Å²) in [5.74, 6) is -1.55. The summed E-state index contributed by atoms with van der Waals surface area (Å²) in [6, 6.07) is 3.90. The lowest BCUT2D eigenvalue weighted by Crippen LogP contribution is -2.26. The van der Waals surface area contributed by atoms with E-state index in [9.17, 15) is 9.18 Å². The standard InChI is InChI=1S/C12H14FNO3S/c1-2-3-10(12(15)16)17-7-4-5-8(11(14)18)9(13)6-7/h4-6,10H,2-3H2,1H3,(H2,14,18)(H,15,16). The molecule has 0 aliphatic rings. The highest BCUT2D eigenvalue weighted by atomic mass is 32.1. The van der Waals surface area contributed by atoms with Crippen molar-refractivity contribution < 1.29 is 19.0 Å². The van der Waals surface area contributed by atoms with Gasteiger partial charge in [-0.3, -0.25) is 0 Å². The number of carboxylic acid groups (broad SMARTS) is 1. The molecule has 0 heterocycles. The molecule has 4 nitrogen and oxygen atoms in total. The van der Waals surface area contributed by atoms with E-state index < -0.39 is 17.9 Å². The van der Waals surface area contributed by atoms with Crippen LogP contribution in [-0.4, -0.2) is 22.2 Å². The first kappa shape index (κ1) is 14.4. The number of hydrogen-bond donors (Lipinski definition) is 2. The van der Waals surface area contributed by atoms with Gasteiger partial charge in [-0.15, -0.1) is 0 Å². The summed E-state index contributed by atoms with van der Waals surface area (Å²) in [6.07, 6.45) is 0.0309. The summed E-state index contributed by atoms with van der Waals surface area (Å²) in [7, 11) is 0. The Morgan fingerprint density at radius 1 is 1.61 bits per heavy atom. The fourth-order valence-corrected chi connectivity index (χ4v) is 1.59. The Bertz CT molecular complexity index is 465. The number of hydrogen-bond acceptors (Lipinski definition) is 3. The van der Waals surface area contributed by atoms with Gasteiger partial charge in [-0.1, -0.05) is 25.6 Å². The Morgan fingerprint density at radius 3 is 2.72 bits per heavy atom. The average Bonchev–Trinajstić information content (AvgIpc) is 2.27. The lowest BCUT2D eigenvalue weighted by molar-refractivity contribution is -0.145. The molecule has 0 saturated carbocycles. The number of ether oxygens (including phenoxy) is 1. The largest absolute Gasteiger partial charge is 0.479 e. The molecule has 0 aromatic heterocycles. The van der Waals surface area contributed by atoms with Crippen molar-refractivity contribution in [3.8, 4) is 5.75 Å². The summed E-state index contributed by atoms with van der Waals surface area (Å²) >= 11 is 4.67. The van der Waals surface area contributed by atoms with Gasteiger partial charge in [0.2, 0.25) is 0 Å². The van der Waals surface area contributed by atoms with Gasteiger partial charge in [0, 0.05) is 11.6 Å². The van der Waals surface area contributed by atoms with Crippen LogP contribution in [0.5, 0.6) is 5.75 Å². The molecular formula is C12H14FNO3S. The van der Waals surface area contributed by atoms with Crippen molar-refractivity contribution in [2.45, 2.75) is 25.9 Å². The summed E-state index contributed by atoms with van der Waals surface area (Å²) < 4.78 is 18.8. The Hall–Kier alpha value is -1.69. The molecule has 98 valence electrons.